The molecule has 7 nitrogen and oxygen atoms in total. The molecule has 3 rings (SSSR count). The van der Waals surface area contributed by atoms with Gasteiger partial charge in [-0.15, -0.1) is 0 Å². The third kappa shape index (κ3) is 4.61. The minimum atomic E-state index is -3.11. The molecule has 3 heterocycles. The van der Waals surface area contributed by atoms with E-state index >= 15 is 0 Å². The summed E-state index contributed by atoms with van der Waals surface area (Å²) in [5.41, 5.74) is -0.976. The topological polar surface area (TPSA) is 77.9 Å². The Morgan fingerprint density at radius 3 is 2.66 bits per heavy atom. The normalized spacial score (nSPS) is 11.6. The van der Waals surface area contributed by atoms with E-state index in [-0.39, 0.29) is 24.6 Å². The van der Waals surface area contributed by atoms with Crippen molar-refractivity contribution in [2.24, 2.45) is 0 Å². The summed E-state index contributed by atoms with van der Waals surface area (Å²) in [5, 5.41) is 9.39. The van der Waals surface area contributed by atoms with Crippen LogP contribution in [-0.4, -0.2) is 25.5 Å². The zero-order valence-electron chi connectivity index (χ0n) is 15.1. The van der Waals surface area contributed by atoms with Gasteiger partial charge in [-0.05, 0) is 19.1 Å². The number of aryl methyl sites for hydroxylation is 1. The summed E-state index contributed by atoms with van der Waals surface area (Å²) in [4.78, 5) is 12.2. The molecule has 0 aliphatic carbocycles. The Morgan fingerprint density at radius 1 is 1.28 bits per heavy atom. The van der Waals surface area contributed by atoms with Crippen molar-refractivity contribution in [2.75, 3.05) is 0 Å². The molecule has 0 spiro atoms. The van der Waals surface area contributed by atoms with E-state index in [9.17, 15) is 22.4 Å². The van der Waals surface area contributed by atoms with Crippen molar-refractivity contribution < 1.29 is 26.8 Å². The van der Waals surface area contributed by atoms with Crippen molar-refractivity contribution in [3.8, 4) is 0 Å². The lowest BCUT2D eigenvalue weighted by molar-refractivity contribution is 0.0920. The van der Waals surface area contributed by atoms with Gasteiger partial charge in [-0.25, -0.2) is 17.6 Å². The van der Waals surface area contributed by atoms with Gasteiger partial charge in [-0.1, -0.05) is 11.6 Å². The summed E-state index contributed by atoms with van der Waals surface area (Å²) in [6.45, 7) is 2.45. The minimum absolute atomic E-state index is 0.0613. The van der Waals surface area contributed by atoms with Gasteiger partial charge in [0, 0.05) is 24.8 Å². The summed E-state index contributed by atoms with van der Waals surface area (Å²) in [5.74, 6) is -0.508. The first kappa shape index (κ1) is 20.9. The number of carbonyl (C=O) groups excluding carboxylic acids is 1. The van der Waals surface area contributed by atoms with E-state index in [0.29, 0.717) is 11.2 Å². The second kappa shape index (κ2) is 8.68. The Labute approximate surface area is 167 Å². The molecule has 0 radical (unpaired) electrons. The van der Waals surface area contributed by atoms with Gasteiger partial charge in [-0.2, -0.15) is 10.2 Å². The predicted octanol–water partition coefficient (Wildman–Crippen LogP) is 4.20. The number of aromatic nitrogens is 4. The van der Waals surface area contributed by atoms with Crippen LogP contribution in [0.1, 0.15) is 53.0 Å². The number of furan rings is 1. The molecule has 12 heteroatoms. The molecular formula is C17H16ClF4N5O2. The maximum Gasteiger partial charge on any atom is 0.287 e. The molecule has 0 saturated heterocycles. The standard InChI is InChI=1S/C17H16ClF4N5O2/c1-2-26-7-9(6-24-26)5-23-17(28)11-4-3-10(29-11)8-27-14(16(21)22)12(18)13(25-27)15(19)20/h3-4,6-7,15-16H,2,5,8H2,1H3,(H,23,28). The van der Waals surface area contributed by atoms with Gasteiger partial charge in [0.1, 0.15) is 17.1 Å². The van der Waals surface area contributed by atoms with E-state index in [1.807, 2.05) is 6.92 Å². The Morgan fingerprint density at radius 2 is 2.03 bits per heavy atom. The molecule has 0 fully saturated rings. The third-order valence-corrected chi connectivity index (χ3v) is 4.41. The first-order valence-electron chi connectivity index (χ1n) is 8.50. The molecule has 0 aromatic carbocycles. The second-order valence-corrected chi connectivity index (χ2v) is 6.37. The molecule has 1 amide bonds. The van der Waals surface area contributed by atoms with Crippen LogP contribution in [0.2, 0.25) is 5.02 Å². The van der Waals surface area contributed by atoms with Gasteiger partial charge in [-0.3, -0.25) is 14.2 Å². The van der Waals surface area contributed by atoms with Gasteiger partial charge in [0.25, 0.3) is 18.8 Å². The number of hydrogen-bond acceptors (Lipinski definition) is 4. The predicted molar refractivity (Wildman–Crippen MR) is 94.0 cm³/mol. The number of nitrogens with zero attached hydrogens (tertiary/aromatic N) is 4. The average Bonchev–Trinajstić information content (AvgIpc) is 3.38. The Hall–Kier alpha value is -2.82. The molecule has 0 saturated carbocycles. The third-order valence-electron chi connectivity index (χ3n) is 4.02. The van der Waals surface area contributed by atoms with Crippen LogP contribution in [0.3, 0.4) is 0 Å². The summed E-state index contributed by atoms with van der Waals surface area (Å²) >= 11 is 5.61. The number of alkyl halides is 4. The minimum Gasteiger partial charge on any atom is -0.454 e. The molecule has 3 aromatic rings. The highest BCUT2D eigenvalue weighted by Gasteiger charge is 2.28. The fourth-order valence-electron chi connectivity index (χ4n) is 2.61. The first-order valence-corrected chi connectivity index (χ1v) is 8.88. The van der Waals surface area contributed by atoms with Crippen LogP contribution in [0.15, 0.2) is 28.9 Å². The van der Waals surface area contributed by atoms with Gasteiger partial charge < -0.3 is 9.73 Å². The van der Waals surface area contributed by atoms with E-state index in [1.54, 1.807) is 17.1 Å². The molecule has 0 unspecified atom stereocenters. The van der Waals surface area contributed by atoms with Crippen molar-refractivity contribution in [1.82, 2.24) is 24.9 Å². The number of nitrogens with one attached hydrogen (secondary N) is 1. The summed E-state index contributed by atoms with van der Waals surface area (Å²) in [6, 6.07) is 2.72. The molecule has 1 N–H and O–H groups in total. The van der Waals surface area contributed by atoms with Crippen LogP contribution in [0, 0.1) is 0 Å². The number of carbonyl (C=O) groups is 1. The van der Waals surface area contributed by atoms with Crippen LogP contribution in [-0.2, 0) is 19.6 Å². The summed E-state index contributed by atoms with van der Waals surface area (Å²) < 4.78 is 59.9. The molecule has 0 aliphatic rings. The lowest BCUT2D eigenvalue weighted by Gasteiger charge is -2.05. The van der Waals surface area contributed by atoms with E-state index in [1.165, 1.54) is 12.1 Å². The molecule has 0 bridgehead atoms. The van der Waals surface area contributed by atoms with Crippen LogP contribution in [0.5, 0.6) is 0 Å². The number of amides is 1. The van der Waals surface area contributed by atoms with Gasteiger partial charge in [0.2, 0.25) is 0 Å². The highest BCUT2D eigenvalue weighted by Crippen LogP contribution is 2.35. The Kier molecular flexibility index (Phi) is 6.26. The smallest absolute Gasteiger partial charge is 0.287 e. The van der Waals surface area contributed by atoms with Crippen LogP contribution in [0.25, 0.3) is 0 Å². The molecule has 0 aliphatic heterocycles. The van der Waals surface area contributed by atoms with Gasteiger partial charge >= 0.3 is 0 Å². The van der Waals surface area contributed by atoms with Crippen molar-refractivity contribution in [3.63, 3.8) is 0 Å². The fraction of sp³-hybridized carbons (Fsp3) is 0.353. The second-order valence-electron chi connectivity index (χ2n) is 6.00. The summed E-state index contributed by atoms with van der Waals surface area (Å²) in [6.07, 6.45) is -2.81. The van der Waals surface area contributed by atoms with Crippen molar-refractivity contribution in [1.29, 1.82) is 0 Å². The molecule has 3 aromatic heterocycles. The summed E-state index contributed by atoms with van der Waals surface area (Å²) in [7, 11) is 0. The van der Waals surface area contributed by atoms with Gasteiger partial charge in [0.05, 0.1) is 17.8 Å². The van der Waals surface area contributed by atoms with E-state index < -0.39 is 35.2 Å². The first-order chi connectivity index (χ1) is 13.8. The highest BCUT2D eigenvalue weighted by molar-refractivity contribution is 6.32. The monoisotopic (exact) mass is 433 g/mol. The van der Waals surface area contributed by atoms with Crippen LogP contribution in [0.4, 0.5) is 17.6 Å². The molecule has 29 heavy (non-hydrogen) atoms. The van der Waals surface area contributed by atoms with Gasteiger partial charge in [0.15, 0.2) is 5.76 Å². The number of rotatable bonds is 8. The molecule has 156 valence electrons. The van der Waals surface area contributed by atoms with Crippen molar-refractivity contribution >= 4 is 17.5 Å². The van der Waals surface area contributed by atoms with E-state index in [2.05, 4.69) is 15.5 Å². The zero-order chi connectivity index (χ0) is 21.1. The quantitative estimate of drug-likeness (QED) is 0.540. The SMILES string of the molecule is CCn1cc(CNC(=O)c2ccc(Cn3nc(C(F)F)c(Cl)c3C(F)F)o2)cn1. The maximum atomic E-state index is 13.2. The van der Waals surface area contributed by atoms with Crippen LogP contribution < -0.4 is 5.32 Å². The lowest BCUT2D eigenvalue weighted by Crippen LogP contribution is -2.22. The van der Waals surface area contributed by atoms with Crippen molar-refractivity contribution in [2.45, 2.75) is 39.4 Å². The van der Waals surface area contributed by atoms with Crippen LogP contribution >= 0.6 is 11.6 Å². The maximum absolute atomic E-state index is 13.2. The largest absolute Gasteiger partial charge is 0.454 e. The molecule has 0 atom stereocenters. The fourth-order valence-corrected chi connectivity index (χ4v) is 2.91. The average molecular weight is 434 g/mol. The number of hydrogen-bond donors (Lipinski definition) is 1. The lowest BCUT2D eigenvalue weighted by atomic mass is 10.3. The van der Waals surface area contributed by atoms with E-state index in [4.69, 9.17) is 16.0 Å². The van der Waals surface area contributed by atoms with E-state index in [0.717, 1.165) is 5.56 Å². The zero-order valence-corrected chi connectivity index (χ0v) is 15.8. The Balaban J connectivity index is 1.70. The highest BCUT2D eigenvalue weighted by atomic mass is 35.5. The number of halogens is 5. The van der Waals surface area contributed by atoms with Crippen molar-refractivity contribution in [3.05, 3.63) is 58.0 Å². The molecular weight excluding hydrogens is 418 g/mol. The Bertz CT molecular complexity index is 998.